The smallest absolute Gasteiger partial charge is 0.321 e. The summed E-state index contributed by atoms with van der Waals surface area (Å²) in [6, 6.07) is 6.49. The number of hydrogen-bond acceptors (Lipinski definition) is 4. The molecule has 1 heterocycles. The Bertz CT molecular complexity index is 590. The molecule has 0 fully saturated rings. The Hall–Kier alpha value is -2.41. The van der Waals surface area contributed by atoms with Gasteiger partial charge in [0.1, 0.15) is 11.9 Å². The first kappa shape index (κ1) is 14.0. The lowest BCUT2D eigenvalue weighted by atomic mass is 10.2. The van der Waals surface area contributed by atoms with Gasteiger partial charge in [0.25, 0.3) is 0 Å². The molecule has 2 aromatic rings. The fourth-order valence-corrected chi connectivity index (χ4v) is 1.91. The number of carboxylic acids is 2. The number of carbonyl (C=O) groups is 2. The van der Waals surface area contributed by atoms with Crippen LogP contribution in [0.4, 0.5) is 0 Å². The Morgan fingerprint density at radius 3 is 2.70 bits per heavy atom. The van der Waals surface area contributed by atoms with Crippen LogP contribution in [0.25, 0.3) is 11.0 Å². The van der Waals surface area contributed by atoms with E-state index in [2.05, 4.69) is 15.3 Å². The van der Waals surface area contributed by atoms with E-state index in [0.717, 1.165) is 16.9 Å². The molecule has 0 saturated carbocycles. The van der Waals surface area contributed by atoms with Crippen molar-refractivity contribution in [1.29, 1.82) is 0 Å². The maximum Gasteiger partial charge on any atom is 0.321 e. The summed E-state index contributed by atoms with van der Waals surface area (Å²) in [6.07, 6.45) is 0.0491. The van der Waals surface area contributed by atoms with E-state index in [1.54, 1.807) is 0 Å². The van der Waals surface area contributed by atoms with E-state index in [1.165, 1.54) is 0 Å². The van der Waals surface area contributed by atoms with Gasteiger partial charge in [-0.05, 0) is 12.1 Å². The molecule has 20 heavy (non-hydrogen) atoms. The predicted octanol–water partition coefficient (Wildman–Crippen LogP) is 0.623. The molecule has 4 N–H and O–H groups in total. The van der Waals surface area contributed by atoms with Crippen LogP contribution in [0.2, 0.25) is 0 Å². The summed E-state index contributed by atoms with van der Waals surface area (Å²) >= 11 is 0. The highest BCUT2D eigenvalue weighted by molar-refractivity contribution is 5.80. The molecule has 1 unspecified atom stereocenters. The van der Waals surface area contributed by atoms with Crippen LogP contribution in [-0.4, -0.2) is 44.7 Å². The van der Waals surface area contributed by atoms with Gasteiger partial charge in [0.05, 0.1) is 17.5 Å². The number of imidazole rings is 1. The van der Waals surface area contributed by atoms with Gasteiger partial charge >= 0.3 is 11.9 Å². The van der Waals surface area contributed by atoms with Crippen molar-refractivity contribution in [2.45, 2.75) is 18.9 Å². The molecular weight excluding hydrogens is 262 g/mol. The Balaban J connectivity index is 1.91. The number of rotatable bonds is 7. The van der Waals surface area contributed by atoms with E-state index in [4.69, 9.17) is 10.2 Å². The monoisotopic (exact) mass is 277 g/mol. The van der Waals surface area contributed by atoms with Crippen molar-refractivity contribution in [1.82, 2.24) is 15.3 Å². The second-order valence-electron chi connectivity index (χ2n) is 4.39. The van der Waals surface area contributed by atoms with Crippen LogP contribution in [0.5, 0.6) is 0 Å². The van der Waals surface area contributed by atoms with E-state index >= 15 is 0 Å². The number of aromatic amines is 1. The minimum Gasteiger partial charge on any atom is -0.481 e. The third-order valence-electron chi connectivity index (χ3n) is 2.87. The van der Waals surface area contributed by atoms with Gasteiger partial charge in [-0.1, -0.05) is 12.1 Å². The zero-order chi connectivity index (χ0) is 14.5. The van der Waals surface area contributed by atoms with Crippen LogP contribution >= 0.6 is 0 Å². The van der Waals surface area contributed by atoms with Crippen LogP contribution in [0.3, 0.4) is 0 Å². The molecule has 1 aromatic carbocycles. The number of fused-ring (bicyclic) bond motifs is 1. The number of nitrogens with zero attached hydrogens (tertiary/aromatic N) is 1. The molecule has 0 saturated heterocycles. The maximum absolute atomic E-state index is 10.9. The number of aliphatic carboxylic acids is 2. The quantitative estimate of drug-likeness (QED) is 0.590. The van der Waals surface area contributed by atoms with Crippen molar-refractivity contribution in [3.05, 3.63) is 30.1 Å². The lowest BCUT2D eigenvalue weighted by Gasteiger charge is -2.11. The third kappa shape index (κ3) is 3.55. The fraction of sp³-hybridized carbons (Fsp3) is 0.308. The van der Waals surface area contributed by atoms with E-state index in [-0.39, 0.29) is 0 Å². The zero-order valence-electron chi connectivity index (χ0n) is 10.7. The highest BCUT2D eigenvalue weighted by Gasteiger charge is 2.19. The van der Waals surface area contributed by atoms with Gasteiger partial charge in [0, 0.05) is 13.0 Å². The van der Waals surface area contributed by atoms with Crippen molar-refractivity contribution in [3.8, 4) is 0 Å². The molecule has 0 aliphatic heterocycles. The number of H-pyrrole nitrogens is 1. The zero-order valence-corrected chi connectivity index (χ0v) is 10.7. The van der Waals surface area contributed by atoms with E-state index < -0.39 is 24.4 Å². The number of hydrogen-bond donors (Lipinski definition) is 4. The molecule has 0 spiro atoms. The van der Waals surface area contributed by atoms with E-state index in [0.29, 0.717) is 13.0 Å². The first-order valence-corrected chi connectivity index (χ1v) is 6.18. The van der Waals surface area contributed by atoms with Crippen molar-refractivity contribution in [2.24, 2.45) is 0 Å². The molecule has 0 aliphatic carbocycles. The molecule has 0 radical (unpaired) electrons. The highest BCUT2D eigenvalue weighted by Crippen LogP contribution is 2.10. The first-order valence-electron chi connectivity index (χ1n) is 6.18. The van der Waals surface area contributed by atoms with Gasteiger partial charge in [-0.25, -0.2) is 4.98 Å². The SMILES string of the molecule is O=C(O)CC(NCCc1nc2ccccc2[nH]1)C(=O)O. The normalized spacial score (nSPS) is 12.4. The molecule has 1 atom stereocenters. The molecule has 7 heteroatoms. The molecule has 7 nitrogen and oxygen atoms in total. The number of carboxylic acid groups (broad SMARTS) is 2. The summed E-state index contributed by atoms with van der Waals surface area (Å²) in [6.45, 7) is 0.337. The average Bonchev–Trinajstić information content (AvgIpc) is 2.79. The van der Waals surface area contributed by atoms with Crippen LogP contribution in [-0.2, 0) is 16.0 Å². The molecule has 0 bridgehead atoms. The minimum atomic E-state index is -1.17. The Labute approximate surface area is 114 Å². The third-order valence-corrected chi connectivity index (χ3v) is 2.87. The van der Waals surface area contributed by atoms with Crippen LogP contribution < -0.4 is 5.32 Å². The number of para-hydroxylation sites is 2. The van der Waals surface area contributed by atoms with Crippen LogP contribution in [0, 0.1) is 0 Å². The van der Waals surface area contributed by atoms with Gasteiger partial charge in [-0.15, -0.1) is 0 Å². The summed E-state index contributed by atoms with van der Waals surface area (Å²) in [5, 5.41) is 20.2. The van der Waals surface area contributed by atoms with Gasteiger partial charge in [0.2, 0.25) is 0 Å². The van der Waals surface area contributed by atoms with E-state index in [9.17, 15) is 9.59 Å². The second-order valence-corrected chi connectivity index (χ2v) is 4.39. The summed E-state index contributed by atoms with van der Waals surface area (Å²) in [4.78, 5) is 28.9. The first-order chi connectivity index (χ1) is 9.56. The van der Waals surface area contributed by atoms with Gasteiger partial charge in [0.15, 0.2) is 0 Å². The number of benzene rings is 1. The molecule has 1 aromatic heterocycles. The summed E-state index contributed by atoms with van der Waals surface area (Å²) in [7, 11) is 0. The van der Waals surface area contributed by atoms with Crippen molar-refractivity contribution in [2.75, 3.05) is 6.54 Å². The summed E-state index contributed by atoms with van der Waals surface area (Å²) in [5.74, 6) is -1.58. The standard InChI is InChI=1S/C13H15N3O4/c17-12(18)7-10(13(19)20)14-6-5-11-15-8-3-1-2-4-9(8)16-11/h1-4,10,14H,5-7H2,(H,15,16)(H,17,18)(H,19,20). The van der Waals surface area contributed by atoms with Crippen molar-refractivity contribution in [3.63, 3.8) is 0 Å². The van der Waals surface area contributed by atoms with Crippen LogP contribution in [0.1, 0.15) is 12.2 Å². The van der Waals surface area contributed by atoms with Gasteiger partial charge in [-0.2, -0.15) is 0 Å². The molecule has 0 amide bonds. The number of aromatic nitrogens is 2. The highest BCUT2D eigenvalue weighted by atomic mass is 16.4. The Morgan fingerprint density at radius 1 is 1.30 bits per heavy atom. The van der Waals surface area contributed by atoms with Crippen molar-refractivity contribution < 1.29 is 19.8 Å². The second kappa shape index (κ2) is 6.16. The molecule has 0 aliphatic rings. The lowest BCUT2D eigenvalue weighted by Crippen LogP contribution is -2.39. The Kier molecular flexibility index (Phi) is 4.31. The average molecular weight is 277 g/mol. The predicted molar refractivity (Wildman–Crippen MR) is 71.5 cm³/mol. The lowest BCUT2D eigenvalue weighted by molar-refractivity contribution is -0.145. The van der Waals surface area contributed by atoms with Gasteiger partial charge < -0.3 is 20.5 Å². The number of nitrogens with one attached hydrogen (secondary N) is 2. The topological polar surface area (TPSA) is 115 Å². The molecule has 2 rings (SSSR count). The largest absolute Gasteiger partial charge is 0.481 e. The molecular formula is C13H15N3O4. The van der Waals surface area contributed by atoms with E-state index in [1.807, 2.05) is 24.3 Å². The summed E-state index contributed by atoms with van der Waals surface area (Å²) in [5.41, 5.74) is 1.77. The van der Waals surface area contributed by atoms with Crippen LogP contribution in [0.15, 0.2) is 24.3 Å². The fourth-order valence-electron chi connectivity index (χ4n) is 1.91. The summed E-state index contributed by atoms with van der Waals surface area (Å²) < 4.78 is 0. The molecule has 106 valence electrons. The Morgan fingerprint density at radius 2 is 2.05 bits per heavy atom. The van der Waals surface area contributed by atoms with Gasteiger partial charge in [-0.3, -0.25) is 9.59 Å². The minimum absolute atomic E-state index is 0.337. The van der Waals surface area contributed by atoms with Crippen molar-refractivity contribution >= 4 is 23.0 Å². The maximum atomic E-state index is 10.9.